The SMILES string of the molecule is CC(C)N1C(=O)NC(=O)[C@H](C=N[C@H](Cc2c[nH]c3ccccc23)C(=O)[O-])C1=O. The number of aliphatic imine (C=N–C) groups is 1. The van der Waals surface area contributed by atoms with Crippen LogP contribution in [0.1, 0.15) is 19.4 Å². The van der Waals surface area contributed by atoms with E-state index < -0.39 is 41.8 Å². The monoisotopic (exact) mass is 383 g/mol. The summed E-state index contributed by atoms with van der Waals surface area (Å²) in [5.74, 6) is -4.37. The average Bonchev–Trinajstić information content (AvgIpc) is 3.02. The quantitative estimate of drug-likeness (QED) is 0.535. The summed E-state index contributed by atoms with van der Waals surface area (Å²) >= 11 is 0. The van der Waals surface area contributed by atoms with Crippen LogP contribution in [0.2, 0.25) is 0 Å². The number of para-hydroxylation sites is 1. The van der Waals surface area contributed by atoms with Crippen molar-refractivity contribution >= 4 is 40.9 Å². The minimum atomic E-state index is -1.43. The molecule has 2 aromatic rings. The first-order valence-corrected chi connectivity index (χ1v) is 8.76. The molecule has 1 fully saturated rings. The van der Waals surface area contributed by atoms with E-state index in [1.807, 2.05) is 24.3 Å². The summed E-state index contributed by atoms with van der Waals surface area (Å²) in [6, 6.07) is 4.85. The van der Waals surface area contributed by atoms with E-state index in [-0.39, 0.29) is 6.42 Å². The van der Waals surface area contributed by atoms with E-state index >= 15 is 0 Å². The molecule has 28 heavy (non-hydrogen) atoms. The maximum atomic E-state index is 12.4. The van der Waals surface area contributed by atoms with Crippen LogP contribution < -0.4 is 10.4 Å². The molecule has 146 valence electrons. The first-order chi connectivity index (χ1) is 13.3. The van der Waals surface area contributed by atoms with E-state index in [2.05, 4.69) is 15.3 Å². The number of amides is 4. The first-order valence-electron chi connectivity index (χ1n) is 8.76. The maximum Gasteiger partial charge on any atom is 0.331 e. The fourth-order valence-corrected chi connectivity index (χ4v) is 3.12. The smallest absolute Gasteiger partial charge is 0.331 e. The van der Waals surface area contributed by atoms with E-state index in [4.69, 9.17) is 0 Å². The number of carbonyl (C=O) groups excluding carboxylic acids is 4. The molecular formula is C19H19N4O5-. The molecule has 0 bridgehead atoms. The summed E-state index contributed by atoms with van der Waals surface area (Å²) in [6.45, 7) is 3.25. The van der Waals surface area contributed by atoms with Gasteiger partial charge in [0.1, 0.15) is 0 Å². The highest BCUT2D eigenvalue weighted by atomic mass is 16.4. The summed E-state index contributed by atoms with van der Waals surface area (Å²) in [5, 5.41) is 14.5. The van der Waals surface area contributed by atoms with E-state index in [1.54, 1.807) is 20.0 Å². The number of rotatable bonds is 6. The third-order valence-corrected chi connectivity index (χ3v) is 4.53. The number of carbonyl (C=O) groups is 4. The Morgan fingerprint density at radius 1 is 1.29 bits per heavy atom. The van der Waals surface area contributed by atoms with Crippen molar-refractivity contribution in [1.29, 1.82) is 0 Å². The number of imide groups is 2. The van der Waals surface area contributed by atoms with Gasteiger partial charge in [0.15, 0.2) is 5.92 Å². The molecule has 2 N–H and O–H groups in total. The number of aliphatic carboxylic acids is 1. The van der Waals surface area contributed by atoms with Crippen molar-refractivity contribution in [2.75, 3.05) is 0 Å². The van der Waals surface area contributed by atoms with Crippen LogP contribution in [0.15, 0.2) is 35.5 Å². The fraction of sp³-hybridized carbons (Fsp3) is 0.316. The van der Waals surface area contributed by atoms with Gasteiger partial charge >= 0.3 is 6.03 Å². The number of carboxylic acids is 1. The molecule has 1 aliphatic rings. The molecule has 0 unspecified atom stereocenters. The number of H-pyrrole nitrogens is 1. The number of aromatic nitrogens is 1. The summed E-state index contributed by atoms with van der Waals surface area (Å²) in [4.78, 5) is 55.7. The van der Waals surface area contributed by atoms with Gasteiger partial charge in [-0.3, -0.25) is 24.8 Å². The topological polar surface area (TPSA) is 135 Å². The molecule has 9 nitrogen and oxygen atoms in total. The molecular weight excluding hydrogens is 364 g/mol. The highest BCUT2D eigenvalue weighted by molar-refractivity contribution is 6.23. The minimum absolute atomic E-state index is 0.0260. The fourth-order valence-electron chi connectivity index (χ4n) is 3.12. The predicted molar refractivity (Wildman–Crippen MR) is 98.3 cm³/mol. The largest absolute Gasteiger partial charge is 0.548 e. The van der Waals surface area contributed by atoms with Gasteiger partial charge in [-0.2, -0.15) is 0 Å². The summed E-state index contributed by atoms with van der Waals surface area (Å²) in [5.41, 5.74) is 1.58. The van der Waals surface area contributed by atoms with Crippen LogP contribution in [0.25, 0.3) is 10.9 Å². The van der Waals surface area contributed by atoms with Gasteiger partial charge in [0.2, 0.25) is 11.8 Å². The third kappa shape index (κ3) is 3.64. The molecule has 0 aliphatic carbocycles. The third-order valence-electron chi connectivity index (χ3n) is 4.53. The number of hydrogen-bond acceptors (Lipinski definition) is 6. The van der Waals surface area contributed by atoms with Crippen LogP contribution in [0.3, 0.4) is 0 Å². The zero-order chi connectivity index (χ0) is 20.4. The first kappa shape index (κ1) is 19.3. The number of nitrogens with one attached hydrogen (secondary N) is 2. The van der Waals surface area contributed by atoms with E-state index in [0.717, 1.165) is 27.6 Å². The Morgan fingerprint density at radius 2 is 2.00 bits per heavy atom. The van der Waals surface area contributed by atoms with Crippen molar-refractivity contribution in [1.82, 2.24) is 15.2 Å². The minimum Gasteiger partial charge on any atom is -0.548 e. The Bertz CT molecular complexity index is 978. The Balaban J connectivity index is 1.82. The van der Waals surface area contributed by atoms with Crippen molar-refractivity contribution in [2.24, 2.45) is 10.9 Å². The second-order valence-electron chi connectivity index (χ2n) is 6.77. The number of hydrogen-bond donors (Lipinski definition) is 2. The van der Waals surface area contributed by atoms with Gasteiger partial charge in [-0.1, -0.05) is 18.2 Å². The molecule has 1 aliphatic heterocycles. The zero-order valence-corrected chi connectivity index (χ0v) is 15.3. The molecule has 9 heteroatoms. The average molecular weight is 383 g/mol. The highest BCUT2D eigenvalue weighted by Crippen LogP contribution is 2.20. The maximum absolute atomic E-state index is 12.4. The van der Waals surface area contributed by atoms with Gasteiger partial charge in [0.05, 0.1) is 12.0 Å². The van der Waals surface area contributed by atoms with E-state index in [1.165, 1.54) is 0 Å². The van der Waals surface area contributed by atoms with Gasteiger partial charge < -0.3 is 14.9 Å². The van der Waals surface area contributed by atoms with Gasteiger partial charge in [0.25, 0.3) is 0 Å². The Hall–Kier alpha value is -3.49. The molecule has 0 spiro atoms. The Labute approximate surface area is 160 Å². The van der Waals surface area contributed by atoms with Gasteiger partial charge in [-0.25, -0.2) is 4.79 Å². The molecule has 2 atom stereocenters. The van der Waals surface area contributed by atoms with Crippen LogP contribution in [0.5, 0.6) is 0 Å². The van der Waals surface area contributed by atoms with Crippen molar-refractivity contribution in [3.05, 3.63) is 36.0 Å². The number of benzene rings is 1. The summed E-state index contributed by atoms with van der Waals surface area (Å²) in [7, 11) is 0. The van der Waals surface area contributed by atoms with Crippen LogP contribution in [0.4, 0.5) is 4.79 Å². The Morgan fingerprint density at radius 3 is 2.68 bits per heavy atom. The normalized spacial score (nSPS) is 18.9. The molecule has 0 saturated carbocycles. The second-order valence-corrected chi connectivity index (χ2v) is 6.77. The molecule has 1 aromatic carbocycles. The molecule has 1 aromatic heterocycles. The van der Waals surface area contributed by atoms with Crippen molar-refractivity contribution in [3.8, 4) is 0 Å². The molecule has 3 rings (SSSR count). The summed E-state index contributed by atoms with van der Waals surface area (Å²) < 4.78 is 0. The van der Waals surface area contributed by atoms with Crippen molar-refractivity contribution in [3.63, 3.8) is 0 Å². The number of aromatic amines is 1. The van der Waals surface area contributed by atoms with Gasteiger partial charge in [-0.05, 0) is 25.5 Å². The standard InChI is InChI=1S/C19H20N4O5/c1-10(2)23-17(25)13(16(24)22-19(23)28)9-21-15(18(26)27)7-11-8-20-14-6-4-3-5-12(11)14/h3-6,8-10,13,15,20H,7H2,1-2H3,(H,26,27)(H,22,24,28)/p-1/t13-,15+/m0/s1. The van der Waals surface area contributed by atoms with Crippen LogP contribution >= 0.6 is 0 Å². The predicted octanol–water partition coefficient (Wildman–Crippen LogP) is 0.00270. The lowest BCUT2D eigenvalue weighted by atomic mass is 10.0. The lowest BCUT2D eigenvalue weighted by Crippen LogP contribution is -2.60. The van der Waals surface area contributed by atoms with Crippen molar-refractivity contribution in [2.45, 2.75) is 32.4 Å². The van der Waals surface area contributed by atoms with Crippen LogP contribution in [-0.4, -0.2) is 52.0 Å². The van der Waals surface area contributed by atoms with E-state index in [0.29, 0.717) is 0 Å². The highest BCUT2D eigenvalue weighted by Gasteiger charge is 2.40. The van der Waals surface area contributed by atoms with Crippen molar-refractivity contribution < 1.29 is 24.3 Å². The molecule has 0 radical (unpaired) electrons. The van der Waals surface area contributed by atoms with Gasteiger partial charge in [0, 0.05) is 35.8 Å². The number of carboxylic acid groups (broad SMARTS) is 1. The molecule has 2 heterocycles. The van der Waals surface area contributed by atoms with Gasteiger partial charge in [-0.15, -0.1) is 0 Å². The van der Waals surface area contributed by atoms with E-state index in [9.17, 15) is 24.3 Å². The zero-order valence-electron chi connectivity index (χ0n) is 15.3. The summed E-state index contributed by atoms with van der Waals surface area (Å²) in [6.07, 6.45) is 2.70. The van der Waals surface area contributed by atoms with Crippen LogP contribution in [0, 0.1) is 5.92 Å². The molecule has 1 saturated heterocycles. The number of nitrogens with zero attached hydrogens (tertiary/aromatic N) is 2. The number of barbiturate groups is 1. The lowest BCUT2D eigenvalue weighted by molar-refractivity contribution is -0.307. The lowest BCUT2D eigenvalue weighted by Gasteiger charge is -2.31. The van der Waals surface area contributed by atoms with Crippen LogP contribution in [-0.2, 0) is 20.8 Å². The molecule has 4 amide bonds. The number of fused-ring (bicyclic) bond motifs is 1. The number of urea groups is 1. The second kappa shape index (κ2) is 7.63. The Kier molecular flexibility index (Phi) is 5.25.